The summed E-state index contributed by atoms with van der Waals surface area (Å²) in [5.41, 5.74) is 1.37. The van der Waals surface area contributed by atoms with Crippen LogP contribution in [0.5, 0.6) is 11.5 Å². The fourth-order valence-electron chi connectivity index (χ4n) is 3.69. The van der Waals surface area contributed by atoms with Gasteiger partial charge in [-0.3, -0.25) is 4.79 Å². The molecule has 0 aromatic heterocycles. The van der Waals surface area contributed by atoms with Crippen LogP contribution in [0.1, 0.15) is 37.5 Å². The van der Waals surface area contributed by atoms with Gasteiger partial charge in [0, 0.05) is 6.42 Å². The average molecular weight is 451 g/mol. The summed E-state index contributed by atoms with van der Waals surface area (Å²) in [7, 11) is 1.37. The maximum Gasteiger partial charge on any atom is 0.422 e. The Morgan fingerprint density at radius 1 is 1.16 bits per heavy atom. The molecule has 0 N–H and O–H groups in total. The normalized spacial score (nSPS) is 18.3. The number of methoxy groups -OCH3 is 1. The van der Waals surface area contributed by atoms with Crippen LogP contribution in [0.25, 0.3) is 0 Å². The van der Waals surface area contributed by atoms with Crippen molar-refractivity contribution in [3.05, 3.63) is 59.7 Å². The van der Waals surface area contributed by atoms with Crippen LogP contribution < -0.4 is 9.47 Å². The number of nitrogens with zero attached hydrogens (tertiary/aromatic N) is 1. The SMILES string of the molecule is COc1cc(CCC(=O)N2CC(c3ccccc3)OCC2(C)C)ccc1OCC(F)(F)F. The Morgan fingerprint density at radius 2 is 1.88 bits per heavy atom. The van der Waals surface area contributed by atoms with Gasteiger partial charge in [-0.2, -0.15) is 13.2 Å². The molecule has 2 aromatic rings. The van der Waals surface area contributed by atoms with E-state index in [1.54, 1.807) is 12.1 Å². The number of alkyl halides is 3. The van der Waals surface area contributed by atoms with Crippen molar-refractivity contribution in [3.8, 4) is 11.5 Å². The Morgan fingerprint density at radius 3 is 2.53 bits per heavy atom. The third kappa shape index (κ3) is 6.16. The quantitative estimate of drug-likeness (QED) is 0.598. The summed E-state index contributed by atoms with van der Waals surface area (Å²) in [6, 6.07) is 14.5. The van der Waals surface area contributed by atoms with Crippen molar-refractivity contribution in [2.24, 2.45) is 0 Å². The van der Waals surface area contributed by atoms with Crippen molar-refractivity contribution >= 4 is 5.91 Å². The monoisotopic (exact) mass is 451 g/mol. The molecule has 0 aliphatic carbocycles. The van der Waals surface area contributed by atoms with Crippen LogP contribution in [-0.2, 0) is 16.0 Å². The summed E-state index contributed by atoms with van der Waals surface area (Å²) in [6.45, 7) is 3.44. The van der Waals surface area contributed by atoms with E-state index in [1.165, 1.54) is 13.2 Å². The van der Waals surface area contributed by atoms with Crippen LogP contribution in [0.15, 0.2) is 48.5 Å². The number of halogens is 3. The predicted molar refractivity (Wildman–Crippen MR) is 114 cm³/mol. The molecule has 3 rings (SSSR count). The summed E-state index contributed by atoms with van der Waals surface area (Å²) in [5.74, 6) is 0.213. The Labute approximate surface area is 186 Å². The molecule has 1 unspecified atom stereocenters. The molecule has 1 aliphatic heterocycles. The van der Waals surface area contributed by atoms with E-state index in [2.05, 4.69) is 0 Å². The van der Waals surface area contributed by atoms with E-state index in [0.717, 1.165) is 11.1 Å². The van der Waals surface area contributed by atoms with Crippen molar-refractivity contribution in [3.63, 3.8) is 0 Å². The highest BCUT2D eigenvalue weighted by Crippen LogP contribution is 2.32. The van der Waals surface area contributed by atoms with E-state index in [0.29, 0.717) is 19.6 Å². The van der Waals surface area contributed by atoms with Crippen LogP contribution in [0.4, 0.5) is 13.2 Å². The average Bonchev–Trinajstić information content (AvgIpc) is 2.76. The number of aryl methyl sites for hydroxylation is 1. The van der Waals surface area contributed by atoms with Crippen molar-refractivity contribution in [2.45, 2.75) is 44.5 Å². The third-order valence-electron chi connectivity index (χ3n) is 5.44. The molecule has 174 valence electrons. The number of amides is 1. The summed E-state index contributed by atoms with van der Waals surface area (Å²) < 4.78 is 53.3. The van der Waals surface area contributed by atoms with Gasteiger partial charge in [0.05, 0.1) is 25.8 Å². The van der Waals surface area contributed by atoms with Gasteiger partial charge < -0.3 is 19.1 Å². The summed E-state index contributed by atoms with van der Waals surface area (Å²) in [4.78, 5) is 14.9. The molecule has 0 spiro atoms. The van der Waals surface area contributed by atoms with Gasteiger partial charge >= 0.3 is 6.18 Å². The van der Waals surface area contributed by atoms with Crippen molar-refractivity contribution in [1.29, 1.82) is 0 Å². The van der Waals surface area contributed by atoms with Crippen molar-refractivity contribution < 1.29 is 32.2 Å². The highest BCUT2D eigenvalue weighted by molar-refractivity contribution is 5.77. The zero-order valence-electron chi connectivity index (χ0n) is 18.4. The number of rotatable bonds is 7. The summed E-state index contributed by atoms with van der Waals surface area (Å²) in [6.07, 6.45) is -3.92. The molecule has 1 saturated heterocycles. The zero-order valence-corrected chi connectivity index (χ0v) is 18.4. The van der Waals surface area contributed by atoms with Gasteiger partial charge in [0.15, 0.2) is 18.1 Å². The molecule has 32 heavy (non-hydrogen) atoms. The number of morpholine rings is 1. The van der Waals surface area contributed by atoms with Gasteiger partial charge in [-0.1, -0.05) is 36.4 Å². The molecule has 1 aliphatic rings. The Balaban J connectivity index is 1.64. The van der Waals surface area contributed by atoms with Crippen LogP contribution in [-0.4, -0.2) is 49.4 Å². The van der Waals surface area contributed by atoms with E-state index in [-0.39, 0.29) is 29.9 Å². The van der Waals surface area contributed by atoms with Crippen molar-refractivity contribution in [1.82, 2.24) is 4.90 Å². The molecule has 1 fully saturated rings. The molecule has 8 heteroatoms. The van der Waals surface area contributed by atoms with E-state index in [4.69, 9.17) is 14.2 Å². The van der Waals surface area contributed by atoms with Gasteiger partial charge in [0.25, 0.3) is 0 Å². The van der Waals surface area contributed by atoms with E-state index in [9.17, 15) is 18.0 Å². The standard InChI is InChI=1S/C24H28F3NO4/c1-23(2)15-31-21(18-7-5-4-6-8-18)14-28(23)22(29)12-10-17-9-11-19(20(13-17)30-3)32-16-24(25,26)27/h4-9,11,13,21H,10,12,14-16H2,1-3H3. The second kappa shape index (κ2) is 9.81. The predicted octanol–water partition coefficient (Wildman–Crippen LogP) is 4.95. The highest BCUT2D eigenvalue weighted by atomic mass is 19.4. The first kappa shape index (κ1) is 23.9. The van der Waals surface area contributed by atoms with Gasteiger partial charge in [-0.25, -0.2) is 0 Å². The minimum Gasteiger partial charge on any atom is -0.493 e. The Bertz CT molecular complexity index is 915. The van der Waals surface area contributed by atoms with Crippen molar-refractivity contribution in [2.75, 3.05) is 26.9 Å². The Hall–Kier alpha value is -2.74. The van der Waals surface area contributed by atoms with Crippen LogP contribution in [0.2, 0.25) is 0 Å². The zero-order chi connectivity index (χ0) is 23.4. The van der Waals surface area contributed by atoms with E-state index < -0.39 is 18.3 Å². The fraction of sp³-hybridized carbons (Fsp3) is 0.458. The lowest BCUT2D eigenvalue weighted by Crippen LogP contribution is -2.56. The molecule has 1 heterocycles. The smallest absolute Gasteiger partial charge is 0.422 e. The lowest BCUT2D eigenvalue weighted by molar-refractivity contribution is -0.155. The second-order valence-corrected chi connectivity index (χ2v) is 8.42. The lowest BCUT2D eigenvalue weighted by atomic mass is 9.97. The fourth-order valence-corrected chi connectivity index (χ4v) is 3.69. The molecule has 0 saturated carbocycles. The first-order chi connectivity index (χ1) is 15.1. The van der Waals surface area contributed by atoms with Gasteiger partial charge in [-0.05, 0) is 43.5 Å². The topological polar surface area (TPSA) is 48.0 Å². The van der Waals surface area contributed by atoms with Gasteiger partial charge in [-0.15, -0.1) is 0 Å². The maximum absolute atomic E-state index is 13.1. The van der Waals surface area contributed by atoms with E-state index >= 15 is 0 Å². The molecule has 0 radical (unpaired) electrons. The highest BCUT2D eigenvalue weighted by Gasteiger charge is 2.38. The molecule has 1 atom stereocenters. The number of ether oxygens (including phenoxy) is 3. The molecular weight excluding hydrogens is 423 g/mol. The number of benzene rings is 2. The Kier molecular flexibility index (Phi) is 7.33. The first-order valence-electron chi connectivity index (χ1n) is 10.4. The van der Waals surface area contributed by atoms with Crippen LogP contribution in [0, 0.1) is 0 Å². The minimum absolute atomic E-state index is 0.00408. The van der Waals surface area contributed by atoms with Crippen LogP contribution >= 0.6 is 0 Å². The lowest BCUT2D eigenvalue weighted by Gasteiger charge is -2.45. The molecule has 0 bridgehead atoms. The number of carbonyl (C=O) groups is 1. The molecule has 2 aromatic carbocycles. The number of hydrogen-bond acceptors (Lipinski definition) is 4. The van der Waals surface area contributed by atoms with E-state index in [1.807, 2.05) is 49.1 Å². The third-order valence-corrected chi connectivity index (χ3v) is 5.44. The second-order valence-electron chi connectivity index (χ2n) is 8.42. The summed E-state index contributed by atoms with van der Waals surface area (Å²) >= 11 is 0. The van der Waals surface area contributed by atoms with Gasteiger partial charge in [0.2, 0.25) is 5.91 Å². The first-order valence-corrected chi connectivity index (χ1v) is 10.4. The molecule has 5 nitrogen and oxygen atoms in total. The van der Waals surface area contributed by atoms with Crippen LogP contribution in [0.3, 0.4) is 0 Å². The number of hydrogen-bond donors (Lipinski definition) is 0. The molecule has 1 amide bonds. The van der Waals surface area contributed by atoms with Gasteiger partial charge in [0.1, 0.15) is 6.10 Å². The number of carbonyl (C=O) groups excluding carboxylic acids is 1. The largest absolute Gasteiger partial charge is 0.493 e. The minimum atomic E-state index is -4.43. The maximum atomic E-state index is 13.1. The molecular formula is C24H28F3NO4. The summed E-state index contributed by atoms with van der Waals surface area (Å²) in [5, 5.41) is 0.